The second-order valence-electron chi connectivity index (χ2n) is 5.23. The highest BCUT2D eigenvalue weighted by Gasteiger charge is 2.25. The number of likely N-dealkylation sites (tertiary alicyclic amines) is 1. The smallest absolute Gasteiger partial charge is 0.158 e. The third-order valence-corrected chi connectivity index (χ3v) is 3.77. The Morgan fingerprint density at radius 2 is 2.11 bits per heavy atom. The van der Waals surface area contributed by atoms with E-state index < -0.39 is 0 Å². The van der Waals surface area contributed by atoms with Crippen molar-refractivity contribution < 1.29 is 0 Å². The Morgan fingerprint density at radius 3 is 2.74 bits per heavy atom. The fourth-order valence-electron chi connectivity index (χ4n) is 2.77. The summed E-state index contributed by atoms with van der Waals surface area (Å²) in [6, 6.07) is 2.50. The van der Waals surface area contributed by atoms with Gasteiger partial charge in [-0.25, -0.2) is 15.0 Å². The number of aryl methyl sites for hydroxylation is 2. The average Bonchev–Trinajstić information content (AvgIpc) is 2.97. The van der Waals surface area contributed by atoms with Crippen LogP contribution in [0.2, 0.25) is 0 Å². The molecule has 0 bridgehead atoms. The molecular formula is C14H19N5. The number of rotatable bonds is 2. The molecule has 1 aliphatic rings. The van der Waals surface area contributed by atoms with Gasteiger partial charge < -0.3 is 4.57 Å². The van der Waals surface area contributed by atoms with E-state index in [0.717, 1.165) is 29.6 Å². The van der Waals surface area contributed by atoms with Gasteiger partial charge in [-0.3, -0.25) is 4.90 Å². The quantitative estimate of drug-likeness (QED) is 0.825. The molecule has 3 rings (SSSR count). The Balaban J connectivity index is 2.03. The maximum atomic E-state index is 4.62. The Morgan fingerprint density at radius 1 is 1.26 bits per heavy atom. The normalized spacial score (nSPS) is 20.1. The Bertz CT molecular complexity index is 589. The molecule has 0 amide bonds. The molecule has 1 saturated heterocycles. The summed E-state index contributed by atoms with van der Waals surface area (Å²) in [6.07, 6.45) is 6.15. The van der Waals surface area contributed by atoms with Gasteiger partial charge in [-0.15, -0.1) is 0 Å². The van der Waals surface area contributed by atoms with E-state index in [1.165, 1.54) is 12.8 Å². The van der Waals surface area contributed by atoms with Crippen LogP contribution in [0.3, 0.4) is 0 Å². The van der Waals surface area contributed by atoms with Crippen molar-refractivity contribution in [1.82, 2.24) is 24.4 Å². The fraction of sp³-hybridized carbons (Fsp3) is 0.500. The summed E-state index contributed by atoms with van der Waals surface area (Å²) in [5, 5.41) is 0. The van der Waals surface area contributed by atoms with Gasteiger partial charge in [0, 0.05) is 19.4 Å². The molecule has 3 heterocycles. The van der Waals surface area contributed by atoms with Crippen LogP contribution in [-0.2, 0) is 7.05 Å². The largest absolute Gasteiger partial charge is 0.333 e. The lowest BCUT2D eigenvalue weighted by Crippen LogP contribution is -2.19. The molecule has 0 saturated carbocycles. The number of hydrogen-bond acceptors (Lipinski definition) is 4. The lowest BCUT2D eigenvalue weighted by Gasteiger charge is -2.19. The summed E-state index contributed by atoms with van der Waals surface area (Å²) in [6.45, 7) is 3.09. The molecule has 0 aliphatic carbocycles. The Hall–Kier alpha value is -1.75. The van der Waals surface area contributed by atoms with Gasteiger partial charge >= 0.3 is 0 Å². The van der Waals surface area contributed by atoms with Gasteiger partial charge in [0.15, 0.2) is 5.82 Å². The predicted molar refractivity (Wildman–Crippen MR) is 73.6 cm³/mol. The summed E-state index contributed by atoms with van der Waals surface area (Å²) in [5.74, 6) is 1.71. The van der Waals surface area contributed by atoms with Crippen molar-refractivity contribution in [1.29, 1.82) is 0 Å². The van der Waals surface area contributed by atoms with Gasteiger partial charge in [-0.05, 0) is 39.4 Å². The highest BCUT2D eigenvalue weighted by atomic mass is 15.2. The van der Waals surface area contributed by atoms with Crippen molar-refractivity contribution in [3.63, 3.8) is 0 Å². The van der Waals surface area contributed by atoms with Gasteiger partial charge in [-0.2, -0.15) is 0 Å². The van der Waals surface area contributed by atoms with Crippen LogP contribution in [-0.4, -0.2) is 38.0 Å². The van der Waals surface area contributed by atoms with Crippen LogP contribution >= 0.6 is 0 Å². The van der Waals surface area contributed by atoms with Crippen molar-refractivity contribution in [3.05, 3.63) is 30.0 Å². The predicted octanol–water partition coefficient (Wildman–Crippen LogP) is 1.95. The monoisotopic (exact) mass is 257 g/mol. The molecule has 5 nitrogen and oxygen atoms in total. The molecule has 19 heavy (non-hydrogen) atoms. The first-order valence-electron chi connectivity index (χ1n) is 6.68. The van der Waals surface area contributed by atoms with E-state index >= 15 is 0 Å². The lowest BCUT2D eigenvalue weighted by molar-refractivity contribution is 0.311. The van der Waals surface area contributed by atoms with Gasteiger partial charge in [0.25, 0.3) is 0 Å². The van der Waals surface area contributed by atoms with Crippen LogP contribution in [0, 0.1) is 6.92 Å². The number of imidazole rings is 1. The van der Waals surface area contributed by atoms with Crippen molar-refractivity contribution in [3.8, 4) is 11.5 Å². The number of hydrogen-bond donors (Lipinski definition) is 0. The molecule has 1 atom stereocenters. The third-order valence-electron chi connectivity index (χ3n) is 3.77. The molecule has 0 unspecified atom stereocenters. The molecule has 0 aromatic carbocycles. The van der Waals surface area contributed by atoms with E-state index in [0.29, 0.717) is 6.04 Å². The van der Waals surface area contributed by atoms with Crippen LogP contribution < -0.4 is 0 Å². The molecule has 0 spiro atoms. The molecule has 2 aromatic heterocycles. The summed E-state index contributed by atoms with van der Waals surface area (Å²) in [5.41, 5.74) is 2.03. The van der Waals surface area contributed by atoms with Crippen LogP contribution in [0.5, 0.6) is 0 Å². The van der Waals surface area contributed by atoms with Crippen molar-refractivity contribution >= 4 is 0 Å². The summed E-state index contributed by atoms with van der Waals surface area (Å²) in [4.78, 5) is 15.9. The van der Waals surface area contributed by atoms with Gasteiger partial charge in [0.05, 0.1) is 11.7 Å². The second-order valence-corrected chi connectivity index (χ2v) is 5.23. The topological polar surface area (TPSA) is 46.8 Å². The first-order valence-corrected chi connectivity index (χ1v) is 6.68. The average molecular weight is 257 g/mol. The molecule has 0 N–H and O–H groups in total. The highest BCUT2D eigenvalue weighted by Crippen LogP contribution is 2.30. The zero-order valence-electron chi connectivity index (χ0n) is 11.7. The minimum Gasteiger partial charge on any atom is -0.333 e. The molecule has 5 heteroatoms. The van der Waals surface area contributed by atoms with E-state index in [-0.39, 0.29) is 0 Å². The lowest BCUT2D eigenvalue weighted by atomic mass is 10.1. The van der Waals surface area contributed by atoms with Gasteiger partial charge in [0.1, 0.15) is 11.5 Å². The summed E-state index contributed by atoms with van der Waals surface area (Å²) in [7, 11) is 4.15. The summed E-state index contributed by atoms with van der Waals surface area (Å²) >= 11 is 0. The molecule has 0 radical (unpaired) electrons. The van der Waals surface area contributed by atoms with Gasteiger partial charge in [0.2, 0.25) is 0 Å². The van der Waals surface area contributed by atoms with E-state index in [1.54, 1.807) is 6.20 Å². The van der Waals surface area contributed by atoms with E-state index in [2.05, 4.69) is 33.0 Å². The van der Waals surface area contributed by atoms with E-state index in [1.807, 2.05) is 24.7 Å². The summed E-state index contributed by atoms with van der Waals surface area (Å²) < 4.78 is 1.99. The minimum absolute atomic E-state index is 0.417. The Labute approximate surface area is 113 Å². The maximum absolute atomic E-state index is 4.62. The third kappa shape index (κ3) is 2.26. The van der Waals surface area contributed by atoms with Crippen molar-refractivity contribution in [2.75, 3.05) is 13.6 Å². The first kappa shape index (κ1) is 12.3. The molecule has 2 aromatic rings. The molecular weight excluding hydrogens is 238 g/mol. The highest BCUT2D eigenvalue weighted by molar-refractivity contribution is 5.50. The SMILES string of the molecule is Cc1nc(-c2nccn2C)cc([C@H]2CCCN2C)n1. The van der Waals surface area contributed by atoms with Crippen LogP contribution in [0.4, 0.5) is 0 Å². The molecule has 1 aliphatic heterocycles. The molecule has 1 fully saturated rings. The van der Waals surface area contributed by atoms with Crippen LogP contribution in [0.15, 0.2) is 18.5 Å². The Kier molecular flexibility index (Phi) is 3.06. The van der Waals surface area contributed by atoms with E-state index in [4.69, 9.17) is 0 Å². The van der Waals surface area contributed by atoms with Crippen LogP contribution in [0.1, 0.15) is 30.4 Å². The van der Waals surface area contributed by atoms with Crippen molar-refractivity contribution in [2.24, 2.45) is 7.05 Å². The van der Waals surface area contributed by atoms with Crippen LogP contribution in [0.25, 0.3) is 11.5 Å². The standard InChI is InChI=1S/C14H19N5/c1-10-16-11(13-5-4-7-18(13)2)9-12(17-10)14-15-6-8-19(14)3/h6,8-9,13H,4-5,7H2,1-3H3/t13-/m1/s1. The fourth-order valence-corrected chi connectivity index (χ4v) is 2.77. The maximum Gasteiger partial charge on any atom is 0.158 e. The number of aromatic nitrogens is 4. The van der Waals surface area contributed by atoms with E-state index in [9.17, 15) is 0 Å². The molecule has 100 valence electrons. The zero-order valence-corrected chi connectivity index (χ0v) is 11.7. The second kappa shape index (κ2) is 4.74. The van der Waals surface area contributed by atoms with Crippen molar-refractivity contribution in [2.45, 2.75) is 25.8 Å². The zero-order chi connectivity index (χ0) is 13.4. The number of nitrogens with zero attached hydrogens (tertiary/aromatic N) is 5. The van der Waals surface area contributed by atoms with Gasteiger partial charge in [-0.1, -0.05) is 0 Å². The minimum atomic E-state index is 0.417. The first-order chi connectivity index (χ1) is 9.15.